The summed E-state index contributed by atoms with van der Waals surface area (Å²) in [5.41, 5.74) is -0.361. The lowest BCUT2D eigenvalue weighted by atomic mass is 10.0. The van der Waals surface area contributed by atoms with Crippen molar-refractivity contribution in [1.82, 2.24) is 4.90 Å². The van der Waals surface area contributed by atoms with Crippen LogP contribution < -0.4 is 0 Å². The largest absolute Gasteiger partial charge is 0.444 e. The van der Waals surface area contributed by atoms with E-state index >= 15 is 0 Å². The van der Waals surface area contributed by atoms with E-state index in [0.29, 0.717) is 0 Å². The van der Waals surface area contributed by atoms with Gasteiger partial charge >= 0.3 is 6.09 Å². The van der Waals surface area contributed by atoms with Crippen LogP contribution in [0.1, 0.15) is 133 Å². The molecule has 176 valence electrons. The summed E-state index contributed by atoms with van der Waals surface area (Å²) in [6.07, 6.45) is 14.6. The predicted octanol–water partition coefficient (Wildman–Crippen LogP) is 8.85. The molecule has 1 fully saturated rings. The first-order valence-electron chi connectivity index (χ1n) is 12.6. The summed E-state index contributed by atoms with van der Waals surface area (Å²) < 4.78 is 5.21. The molecule has 1 heterocycles. The summed E-state index contributed by atoms with van der Waals surface area (Å²) in [4.78, 5) is 13.1. The zero-order valence-corrected chi connectivity index (χ0v) is 21.6. The highest BCUT2D eigenvalue weighted by molar-refractivity contribution is 5.68. The molecule has 0 aromatic rings. The number of carbonyl (C=O) groups excluding carboxylic acids is 1. The average molecular weight is 414 g/mol. The van der Waals surface area contributed by atoms with E-state index in [2.05, 4.69) is 41.5 Å². The molecule has 0 aromatic heterocycles. The topological polar surface area (TPSA) is 29.5 Å². The van der Waals surface area contributed by atoms with Gasteiger partial charge in [-0.3, -0.25) is 0 Å². The highest BCUT2D eigenvalue weighted by atomic mass is 16.6. The molecule has 0 spiro atoms. The van der Waals surface area contributed by atoms with Crippen LogP contribution in [-0.4, -0.2) is 29.7 Å². The van der Waals surface area contributed by atoms with Crippen LogP contribution in [0.4, 0.5) is 4.79 Å². The molecule has 0 bridgehead atoms. The Morgan fingerprint density at radius 3 is 1.66 bits per heavy atom. The predicted molar refractivity (Wildman–Crippen MR) is 130 cm³/mol. The van der Waals surface area contributed by atoms with Crippen molar-refractivity contribution >= 4 is 6.09 Å². The zero-order valence-electron chi connectivity index (χ0n) is 21.6. The van der Waals surface area contributed by atoms with Crippen LogP contribution in [0.2, 0.25) is 0 Å². The van der Waals surface area contributed by atoms with E-state index in [-0.39, 0.29) is 11.7 Å². The van der Waals surface area contributed by atoms with Gasteiger partial charge in [-0.25, -0.2) is 4.79 Å². The number of hydrogen-bond donors (Lipinski definition) is 0. The van der Waals surface area contributed by atoms with Crippen LogP contribution in [-0.2, 0) is 4.74 Å². The van der Waals surface area contributed by atoms with Crippen molar-refractivity contribution in [3.63, 3.8) is 0 Å². The van der Waals surface area contributed by atoms with Gasteiger partial charge in [0.2, 0.25) is 0 Å². The fourth-order valence-corrected chi connectivity index (χ4v) is 2.93. The lowest BCUT2D eigenvalue weighted by Gasteiger charge is -2.23. The smallest absolute Gasteiger partial charge is 0.410 e. The monoisotopic (exact) mass is 413 g/mol. The van der Waals surface area contributed by atoms with Crippen LogP contribution >= 0.6 is 0 Å². The molecule has 1 rings (SSSR count). The summed E-state index contributed by atoms with van der Waals surface area (Å²) in [7, 11) is 0. The van der Waals surface area contributed by atoms with Crippen molar-refractivity contribution in [3.8, 4) is 0 Å². The van der Waals surface area contributed by atoms with Gasteiger partial charge in [0.05, 0.1) is 0 Å². The maximum atomic E-state index is 11.4. The van der Waals surface area contributed by atoms with Crippen LogP contribution in [0, 0.1) is 11.8 Å². The molecule has 29 heavy (non-hydrogen) atoms. The Kier molecular flexibility index (Phi) is 20.2. The van der Waals surface area contributed by atoms with E-state index in [1.54, 1.807) is 4.90 Å². The standard InChI is InChI=1S/C9H17NO2.C9H20.C8H18/c1-9(2,3)12-8(11)10-6-4-5-7-10;1-4-6-7-8-9(3)5-2;1-4-6-7-8(3)5-2/h4-7H2,1-3H3;9H,4-8H2,1-3H3;8H,4-7H2,1-3H3. The molecule has 0 N–H and O–H groups in total. The van der Waals surface area contributed by atoms with E-state index < -0.39 is 0 Å². The van der Waals surface area contributed by atoms with Crippen LogP contribution in [0.5, 0.6) is 0 Å². The van der Waals surface area contributed by atoms with Gasteiger partial charge in [-0.05, 0) is 45.4 Å². The number of carbonyl (C=O) groups is 1. The maximum Gasteiger partial charge on any atom is 0.410 e. The van der Waals surface area contributed by atoms with Gasteiger partial charge in [-0.15, -0.1) is 0 Å². The summed E-state index contributed by atoms with van der Waals surface area (Å²) in [6, 6.07) is 0. The molecule has 0 aromatic carbocycles. The van der Waals surface area contributed by atoms with Crippen molar-refractivity contribution < 1.29 is 9.53 Å². The van der Waals surface area contributed by atoms with E-state index in [9.17, 15) is 4.79 Å². The molecule has 0 radical (unpaired) electrons. The number of likely N-dealkylation sites (tertiary alicyclic amines) is 1. The molecule has 1 aliphatic rings. The van der Waals surface area contributed by atoms with E-state index in [0.717, 1.165) is 37.8 Å². The third-order valence-electron chi connectivity index (χ3n) is 5.50. The number of ether oxygens (including phenoxy) is 1. The van der Waals surface area contributed by atoms with Crippen molar-refractivity contribution in [2.24, 2.45) is 11.8 Å². The minimum absolute atomic E-state index is 0.167. The fourth-order valence-electron chi connectivity index (χ4n) is 2.93. The summed E-state index contributed by atoms with van der Waals surface area (Å²) in [5.74, 6) is 1.91. The molecule has 2 atom stereocenters. The van der Waals surface area contributed by atoms with Gasteiger partial charge in [-0.2, -0.15) is 0 Å². The van der Waals surface area contributed by atoms with Crippen molar-refractivity contribution in [2.75, 3.05) is 13.1 Å². The third kappa shape index (κ3) is 21.8. The van der Waals surface area contributed by atoms with Gasteiger partial charge in [0.25, 0.3) is 0 Å². The third-order valence-corrected chi connectivity index (χ3v) is 5.50. The second kappa shape index (κ2) is 19.2. The van der Waals surface area contributed by atoms with Crippen molar-refractivity contribution in [3.05, 3.63) is 0 Å². The van der Waals surface area contributed by atoms with Gasteiger partial charge in [0, 0.05) is 13.1 Å². The zero-order chi connectivity index (χ0) is 22.7. The maximum absolute atomic E-state index is 11.4. The average Bonchev–Trinajstić information content (AvgIpc) is 3.21. The van der Waals surface area contributed by atoms with Crippen LogP contribution in [0.3, 0.4) is 0 Å². The Bertz CT molecular complexity index is 356. The second-order valence-electron chi connectivity index (χ2n) is 9.84. The summed E-state index contributed by atoms with van der Waals surface area (Å²) in [6.45, 7) is 21.1. The SMILES string of the molecule is CC(C)(C)OC(=O)N1CCCC1.CCCCC(C)CC.CCCCCC(C)CC. The van der Waals surface area contributed by atoms with Gasteiger partial charge < -0.3 is 9.64 Å². The summed E-state index contributed by atoms with van der Waals surface area (Å²) in [5, 5.41) is 0. The lowest BCUT2D eigenvalue weighted by molar-refractivity contribution is 0.0295. The Hall–Kier alpha value is -0.730. The fraction of sp³-hybridized carbons (Fsp3) is 0.962. The lowest BCUT2D eigenvalue weighted by Crippen LogP contribution is -2.34. The Labute approximate surface area is 184 Å². The van der Waals surface area contributed by atoms with Gasteiger partial charge in [0.15, 0.2) is 0 Å². The minimum atomic E-state index is -0.361. The molecule has 2 unspecified atom stereocenters. The number of rotatable bonds is 9. The normalized spacial score (nSPS) is 15.6. The molecule has 1 amide bonds. The van der Waals surface area contributed by atoms with Crippen LogP contribution in [0.15, 0.2) is 0 Å². The van der Waals surface area contributed by atoms with E-state index in [4.69, 9.17) is 4.74 Å². The number of nitrogens with zero attached hydrogens (tertiary/aromatic N) is 1. The highest BCUT2D eigenvalue weighted by Gasteiger charge is 2.23. The molecule has 1 aliphatic heterocycles. The van der Waals surface area contributed by atoms with Crippen LogP contribution in [0.25, 0.3) is 0 Å². The number of unbranched alkanes of at least 4 members (excludes halogenated alkanes) is 3. The quantitative estimate of drug-likeness (QED) is 0.353. The summed E-state index contributed by atoms with van der Waals surface area (Å²) >= 11 is 0. The molecule has 0 saturated carbocycles. The molecular formula is C26H55NO2. The number of amides is 1. The molecule has 3 nitrogen and oxygen atoms in total. The van der Waals surface area contributed by atoms with Crippen molar-refractivity contribution in [1.29, 1.82) is 0 Å². The first-order chi connectivity index (χ1) is 13.6. The van der Waals surface area contributed by atoms with E-state index in [1.807, 2.05) is 20.8 Å². The minimum Gasteiger partial charge on any atom is -0.444 e. The molecule has 1 saturated heterocycles. The molecule has 3 heteroatoms. The Morgan fingerprint density at radius 1 is 0.828 bits per heavy atom. The number of hydrogen-bond acceptors (Lipinski definition) is 2. The molecule has 0 aliphatic carbocycles. The Morgan fingerprint density at radius 2 is 1.28 bits per heavy atom. The van der Waals surface area contributed by atoms with Gasteiger partial charge in [-0.1, -0.05) is 99.3 Å². The van der Waals surface area contributed by atoms with Crippen molar-refractivity contribution in [2.45, 2.75) is 139 Å². The highest BCUT2D eigenvalue weighted by Crippen LogP contribution is 2.14. The second-order valence-corrected chi connectivity index (χ2v) is 9.84. The Balaban J connectivity index is 0. The van der Waals surface area contributed by atoms with E-state index in [1.165, 1.54) is 57.8 Å². The first-order valence-corrected chi connectivity index (χ1v) is 12.6. The molecular weight excluding hydrogens is 358 g/mol. The van der Waals surface area contributed by atoms with Gasteiger partial charge in [0.1, 0.15) is 5.60 Å². The first kappa shape index (κ1) is 30.5.